The SMILES string of the molecule is CCOc1ccccc1CN1CCN(c2cccc(C)c2C)CC1.O=C(O)C(=O)O. The number of anilines is 1. The number of para-hydroxylation sites is 1. The van der Waals surface area contributed by atoms with Gasteiger partial charge < -0.3 is 19.8 Å². The molecule has 1 aliphatic heterocycles. The molecular weight excluding hydrogens is 384 g/mol. The average Bonchev–Trinajstić information content (AvgIpc) is 2.73. The molecule has 0 spiro atoms. The lowest BCUT2D eigenvalue weighted by Crippen LogP contribution is -2.46. The van der Waals surface area contributed by atoms with E-state index in [0.29, 0.717) is 0 Å². The highest BCUT2D eigenvalue weighted by Crippen LogP contribution is 2.25. The van der Waals surface area contributed by atoms with E-state index >= 15 is 0 Å². The van der Waals surface area contributed by atoms with Crippen LogP contribution in [0.3, 0.4) is 0 Å². The van der Waals surface area contributed by atoms with E-state index in [1.165, 1.54) is 22.4 Å². The van der Waals surface area contributed by atoms with Crippen molar-refractivity contribution < 1.29 is 24.5 Å². The van der Waals surface area contributed by atoms with Crippen molar-refractivity contribution in [2.45, 2.75) is 27.3 Å². The molecule has 1 heterocycles. The Morgan fingerprint density at radius 2 is 1.57 bits per heavy atom. The smallest absolute Gasteiger partial charge is 0.414 e. The predicted octanol–water partition coefficient (Wildman–Crippen LogP) is 3.18. The zero-order valence-corrected chi connectivity index (χ0v) is 17.8. The van der Waals surface area contributed by atoms with Crippen LogP contribution in [-0.4, -0.2) is 59.8 Å². The molecule has 0 amide bonds. The minimum Gasteiger partial charge on any atom is -0.494 e. The van der Waals surface area contributed by atoms with Gasteiger partial charge in [0.05, 0.1) is 6.61 Å². The van der Waals surface area contributed by atoms with E-state index in [1.807, 2.05) is 13.0 Å². The van der Waals surface area contributed by atoms with Gasteiger partial charge in [0.25, 0.3) is 0 Å². The van der Waals surface area contributed by atoms with Gasteiger partial charge in [-0.1, -0.05) is 30.3 Å². The van der Waals surface area contributed by atoms with Crippen LogP contribution >= 0.6 is 0 Å². The molecule has 3 rings (SSSR count). The number of piperazine rings is 1. The van der Waals surface area contributed by atoms with E-state index < -0.39 is 11.9 Å². The topological polar surface area (TPSA) is 90.3 Å². The van der Waals surface area contributed by atoms with Crippen molar-refractivity contribution in [1.82, 2.24) is 4.90 Å². The van der Waals surface area contributed by atoms with E-state index in [4.69, 9.17) is 24.5 Å². The molecule has 30 heavy (non-hydrogen) atoms. The Morgan fingerprint density at radius 1 is 0.933 bits per heavy atom. The Morgan fingerprint density at radius 3 is 2.17 bits per heavy atom. The highest BCUT2D eigenvalue weighted by molar-refractivity contribution is 6.27. The average molecular weight is 415 g/mol. The maximum Gasteiger partial charge on any atom is 0.414 e. The standard InChI is InChI=1S/C21H28N2O.C2H2O4/c1-4-24-21-11-6-5-9-19(21)16-22-12-14-23(15-13-22)20-10-7-8-17(2)18(20)3;3-1(4)2(5)6/h5-11H,4,12-16H2,1-3H3;(H,3,4)(H,5,6). The van der Waals surface area contributed by atoms with E-state index in [-0.39, 0.29) is 0 Å². The quantitative estimate of drug-likeness (QED) is 0.726. The summed E-state index contributed by atoms with van der Waals surface area (Å²) in [6, 6.07) is 15.0. The van der Waals surface area contributed by atoms with Crippen LogP contribution in [0, 0.1) is 13.8 Å². The molecule has 2 aromatic carbocycles. The monoisotopic (exact) mass is 414 g/mol. The van der Waals surface area contributed by atoms with Gasteiger partial charge in [-0.2, -0.15) is 0 Å². The van der Waals surface area contributed by atoms with Crippen molar-refractivity contribution in [2.75, 3.05) is 37.7 Å². The van der Waals surface area contributed by atoms with Gasteiger partial charge in [0.1, 0.15) is 5.75 Å². The first kappa shape index (κ1) is 23.2. The van der Waals surface area contributed by atoms with Crippen LogP contribution in [-0.2, 0) is 16.1 Å². The lowest BCUT2D eigenvalue weighted by molar-refractivity contribution is -0.159. The summed E-state index contributed by atoms with van der Waals surface area (Å²) >= 11 is 0. The van der Waals surface area contributed by atoms with Gasteiger partial charge in [-0.25, -0.2) is 9.59 Å². The number of rotatable bonds is 5. The number of aliphatic carboxylic acids is 2. The summed E-state index contributed by atoms with van der Waals surface area (Å²) in [5, 5.41) is 14.8. The van der Waals surface area contributed by atoms with Crippen molar-refractivity contribution in [3.05, 3.63) is 59.2 Å². The molecular formula is C23H30N2O5. The first-order valence-electron chi connectivity index (χ1n) is 10.0. The molecule has 0 saturated carbocycles. The molecule has 1 saturated heterocycles. The minimum atomic E-state index is -1.82. The lowest BCUT2D eigenvalue weighted by Gasteiger charge is -2.37. The number of ether oxygens (including phenoxy) is 1. The van der Waals surface area contributed by atoms with Gasteiger partial charge in [-0.15, -0.1) is 0 Å². The molecule has 2 aromatic rings. The van der Waals surface area contributed by atoms with E-state index in [2.05, 4.69) is 60.0 Å². The molecule has 0 aromatic heterocycles. The molecule has 0 atom stereocenters. The molecule has 2 N–H and O–H groups in total. The van der Waals surface area contributed by atoms with Gasteiger partial charge >= 0.3 is 11.9 Å². The molecule has 162 valence electrons. The summed E-state index contributed by atoms with van der Waals surface area (Å²) in [5.74, 6) is -2.62. The van der Waals surface area contributed by atoms with Gasteiger partial charge in [0.2, 0.25) is 0 Å². The van der Waals surface area contributed by atoms with E-state index in [0.717, 1.165) is 45.1 Å². The fourth-order valence-corrected chi connectivity index (χ4v) is 3.40. The van der Waals surface area contributed by atoms with Crippen LogP contribution in [0.4, 0.5) is 5.69 Å². The van der Waals surface area contributed by atoms with Crippen LogP contribution in [0.5, 0.6) is 5.75 Å². The molecule has 0 radical (unpaired) electrons. The van der Waals surface area contributed by atoms with Crippen LogP contribution in [0.25, 0.3) is 0 Å². The summed E-state index contributed by atoms with van der Waals surface area (Å²) in [6.45, 7) is 12.5. The summed E-state index contributed by atoms with van der Waals surface area (Å²) in [5.41, 5.74) is 5.47. The minimum absolute atomic E-state index is 0.720. The van der Waals surface area contributed by atoms with E-state index in [1.54, 1.807) is 0 Å². The summed E-state index contributed by atoms with van der Waals surface area (Å²) in [6.07, 6.45) is 0. The second kappa shape index (κ2) is 11.2. The Bertz CT molecular complexity index is 848. The number of carbonyl (C=O) groups is 2. The lowest BCUT2D eigenvalue weighted by atomic mass is 10.1. The van der Waals surface area contributed by atoms with Crippen LogP contribution in [0.2, 0.25) is 0 Å². The van der Waals surface area contributed by atoms with Gasteiger partial charge in [0, 0.05) is 44.0 Å². The molecule has 7 nitrogen and oxygen atoms in total. The maximum absolute atomic E-state index is 9.10. The largest absolute Gasteiger partial charge is 0.494 e. The van der Waals surface area contributed by atoms with Crippen molar-refractivity contribution >= 4 is 17.6 Å². The van der Waals surface area contributed by atoms with Gasteiger partial charge in [0.15, 0.2) is 0 Å². The first-order valence-corrected chi connectivity index (χ1v) is 10.0. The zero-order valence-electron chi connectivity index (χ0n) is 17.8. The molecule has 0 aliphatic carbocycles. The van der Waals surface area contributed by atoms with Crippen LogP contribution in [0.15, 0.2) is 42.5 Å². The molecule has 1 aliphatic rings. The predicted molar refractivity (Wildman–Crippen MR) is 116 cm³/mol. The summed E-state index contributed by atoms with van der Waals surface area (Å²) in [7, 11) is 0. The Hall–Kier alpha value is -3.06. The third-order valence-corrected chi connectivity index (χ3v) is 5.14. The first-order chi connectivity index (χ1) is 14.3. The van der Waals surface area contributed by atoms with Crippen LogP contribution < -0.4 is 9.64 Å². The fraction of sp³-hybridized carbons (Fsp3) is 0.391. The number of hydrogen-bond donors (Lipinski definition) is 2. The normalized spacial score (nSPS) is 13.9. The Labute approximate surface area is 177 Å². The van der Waals surface area contributed by atoms with Gasteiger partial charge in [-0.3, -0.25) is 4.90 Å². The summed E-state index contributed by atoms with van der Waals surface area (Å²) < 4.78 is 5.76. The molecule has 0 unspecified atom stereocenters. The molecule has 7 heteroatoms. The number of nitrogens with zero attached hydrogens (tertiary/aromatic N) is 2. The van der Waals surface area contributed by atoms with Crippen LogP contribution in [0.1, 0.15) is 23.6 Å². The maximum atomic E-state index is 9.10. The molecule has 0 bridgehead atoms. The second-order valence-electron chi connectivity index (χ2n) is 7.13. The number of hydrogen-bond acceptors (Lipinski definition) is 5. The number of benzene rings is 2. The zero-order chi connectivity index (χ0) is 22.1. The number of carboxylic acid groups (broad SMARTS) is 2. The third-order valence-electron chi connectivity index (χ3n) is 5.14. The van der Waals surface area contributed by atoms with Gasteiger partial charge in [-0.05, 0) is 44.0 Å². The molecule has 1 fully saturated rings. The van der Waals surface area contributed by atoms with Crippen molar-refractivity contribution in [3.63, 3.8) is 0 Å². The van der Waals surface area contributed by atoms with E-state index in [9.17, 15) is 0 Å². The highest BCUT2D eigenvalue weighted by Gasteiger charge is 2.19. The van der Waals surface area contributed by atoms with Crippen molar-refractivity contribution in [1.29, 1.82) is 0 Å². The third kappa shape index (κ3) is 6.49. The fourth-order valence-electron chi connectivity index (χ4n) is 3.40. The second-order valence-corrected chi connectivity index (χ2v) is 7.13. The summed E-state index contributed by atoms with van der Waals surface area (Å²) in [4.78, 5) is 23.2. The number of carboxylic acids is 2. The van der Waals surface area contributed by atoms with Crippen molar-refractivity contribution in [2.24, 2.45) is 0 Å². The number of aryl methyl sites for hydroxylation is 1. The van der Waals surface area contributed by atoms with Crippen molar-refractivity contribution in [3.8, 4) is 5.75 Å². The Kier molecular flexibility index (Phi) is 8.68. The highest BCUT2D eigenvalue weighted by atomic mass is 16.5. The Balaban J connectivity index is 0.000000469.